The Bertz CT molecular complexity index is 703. The summed E-state index contributed by atoms with van der Waals surface area (Å²) in [6.45, 7) is 0. The lowest BCUT2D eigenvalue weighted by atomic mass is 9.86. The molecule has 1 aromatic heterocycles. The van der Waals surface area contributed by atoms with E-state index >= 15 is 0 Å². The molecule has 0 saturated carbocycles. The standard InChI is InChI=1S/C13H12FN5O/c14-7-3-1-2-6(4-7)8-5-9(20)17-12-10(8)11(15)18-13(16)19-12/h1-4,8H,5H2,(H5,15,16,17,18,19,20). The number of fused-ring (bicyclic) bond motifs is 1. The van der Waals surface area contributed by atoms with Gasteiger partial charge in [-0.05, 0) is 17.7 Å². The van der Waals surface area contributed by atoms with Crippen molar-refractivity contribution < 1.29 is 9.18 Å². The predicted octanol–water partition coefficient (Wildman–Crippen LogP) is 1.25. The van der Waals surface area contributed by atoms with Crippen molar-refractivity contribution in [3.63, 3.8) is 0 Å². The molecule has 1 aliphatic rings. The number of rotatable bonds is 1. The second-order valence-electron chi connectivity index (χ2n) is 4.59. The molecule has 1 amide bonds. The van der Waals surface area contributed by atoms with Gasteiger partial charge in [-0.3, -0.25) is 4.79 Å². The van der Waals surface area contributed by atoms with E-state index in [-0.39, 0.29) is 35.8 Å². The summed E-state index contributed by atoms with van der Waals surface area (Å²) < 4.78 is 13.4. The Morgan fingerprint density at radius 3 is 2.85 bits per heavy atom. The SMILES string of the molecule is Nc1nc(N)c2c(n1)NC(=O)CC2c1cccc(F)c1. The molecule has 0 radical (unpaired) electrons. The maximum Gasteiger partial charge on any atom is 0.226 e. The fourth-order valence-electron chi connectivity index (χ4n) is 2.42. The summed E-state index contributed by atoms with van der Waals surface area (Å²) in [7, 11) is 0. The molecule has 6 nitrogen and oxygen atoms in total. The van der Waals surface area contributed by atoms with E-state index in [9.17, 15) is 9.18 Å². The third kappa shape index (κ3) is 2.03. The third-order valence-electron chi connectivity index (χ3n) is 3.24. The number of carbonyl (C=O) groups excluding carboxylic acids is 1. The summed E-state index contributed by atoms with van der Waals surface area (Å²) in [6, 6.07) is 6.05. The number of carbonyl (C=O) groups is 1. The zero-order chi connectivity index (χ0) is 14.3. The van der Waals surface area contributed by atoms with Crippen LogP contribution in [-0.2, 0) is 4.79 Å². The molecule has 0 saturated heterocycles. The van der Waals surface area contributed by atoms with Gasteiger partial charge in [-0.1, -0.05) is 12.1 Å². The van der Waals surface area contributed by atoms with Crippen molar-refractivity contribution in [3.8, 4) is 0 Å². The van der Waals surface area contributed by atoms with Crippen LogP contribution in [0.5, 0.6) is 0 Å². The van der Waals surface area contributed by atoms with Crippen LogP contribution in [0.1, 0.15) is 23.5 Å². The third-order valence-corrected chi connectivity index (χ3v) is 3.24. The van der Waals surface area contributed by atoms with E-state index < -0.39 is 0 Å². The number of benzene rings is 1. The van der Waals surface area contributed by atoms with Crippen molar-refractivity contribution in [2.45, 2.75) is 12.3 Å². The molecule has 1 unspecified atom stereocenters. The molecule has 2 heterocycles. The van der Waals surface area contributed by atoms with Crippen molar-refractivity contribution in [3.05, 3.63) is 41.2 Å². The lowest BCUT2D eigenvalue weighted by molar-refractivity contribution is -0.116. The molecule has 5 N–H and O–H groups in total. The summed E-state index contributed by atoms with van der Waals surface area (Å²) in [4.78, 5) is 19.7. The maximum absolute atomic E-state index is 13.4. The Balaban J connectivity index is 2.17. The molecule has 0 spiro atoms. The zero-order valence-electron chi connectivity index (χ0n) is 10.4. The summed E-state index contributed by atoms with van der Waals surface area (Å²) in [5.41, 5.74) is 12.6. The number of hydrogen-bond acceptors (Lipinski definition) is 5. The van der Waals surface area contributed by atoms with E-state index in [2.05, 4.69) is 15.3 Å². The van der Waals surface area contributed by atoms with Crippen molar-refractivity contribution in [2.24, 2.45) is 0 Å². The number of anilines is 3. The molecule has 0 aliphatic carbocycles. The quantitative estimate of drug-likeness (QED) is 0.725. The molecule has 0 fully saturated rings. The van der Waals surface area contributed by atoms with Gasteiger partial charge in [0.2, 0.25) is 11.9 Å². The number of aromatic nitrogens is 2. The van der Waals surface area contributed by atoms with E-state index in [1.54, 1.807) is 12.1 Å². The molecule has 2 aromatic rings. The van der Waals surface area contributed by atoms with Crippen LogP contribution >= 0.6 is 0 Å². The Labute approximate surface area is 114 Å². The Kier molecular flexibility index (Phi) is 2.74. The van der Waals surface area contributed by atoms with Gasteiger partial charge in [-0.25, -0.2) is 4.39 Å². The Morgan fingerprint density at radius 2 is 2.10 bits per heavy atom. The van der Waals surface area contributed by atoms with Crippen molar-refractivity contribution in [1.29, 1.82) is 0 Å². The predicted molar refractivity (Wildman–Crippen MR) is 72.3 cm³/mol. The van der Waals surface area contributed by atoms with Crippen LogP contribution in [0.15, 0.2) is 24.3 Å². The van der Waals surface area contributed by atoms with Crippen molar-refractivity contribution in [2.75, 3.05) is 16.8 Å². The molecule has 1 atom stereocenters. The average molecular weight is 273 g/mol. The van der Waals surface area contributed by atoms with Gasteiger partial charge in [0.1, 0.15) is 17.5 Å². The molecule has 3 rings (SSSR count). The smallest absolute Gasteiger partial charge is 0.226 e. The first-order valence-electron chi connectivity index (χ1n) is 6.03. The number of amides is 1. The lowest BCUT2D eigenvalue weighted by Gasteiger charge is -2.26. The van der Waals surface area contributed by atoms with Gasteiger partial charge < -0.3 is 16.8 Å². The Morgan fingerprint density at radius 1 is 1.30 bits per heavy atom. The molecule has 7 heteroatoms. The van der Waals surface area contributed by atoms with Gasteiger partial charge >= 0.3 is 0 Å². The zero-order valence-corrected chi connectivity index (χ0v) is 10.4. The minimum Gasteiger partial charge on any atom is -0.383 e. The molecular formula is C13H12FN5O. The minimum absolute atomic E-state index is 0.0126. The number of nitrogens with one attached hydrogen (secondary N) is 1. The molecular weight excluding hydrogens is 261 g/mol. The fourth-order valence-corrected chi connectivity index (χ4v) is 2.42. The van der Waals surface area contributed by atoms with Gasteiger partial charge in [0.15, 0.2) is 0 Å². The van der Waals surface area contributed by atoms with Crippen molar-refractivity contribution in [1.82, 2.24) is 9.97 Å². The topological polar surface area (TPSA) is 107 Å². The second kappa shape index (κ2) is 4.44. The van der Waals surface area contributed by atoms with Crippen LogP contribution in [-0.4, -0.2) is 15.9 Å². The summed E-state index contributed by atoms with van der Waals surface area (Å²) >= 11 is 0. The fraction of sp³-hybridized carbons (Fsp3) is 0.154. The van der Waals surface area contributed by atoms with Crippen LogP contribution < -0.4 is 16.8 Å². The first-order chi connectivity index (χ1) is 9.54. The van der Waals surface area contributed by atoms with E-state index in [1.807, 2.05) is 0 Å². The summed E-state index contributed by atoms with van der Waals surface area (Å²) in [5.74, 6) is -0.493. The van der Waals surface area contributed by atoms with E-state index in [4.69, 9.17) is 11.5 Å². The number of halogens is 1. The largest absolute Gasteiger partial charge is 0.383 e. The highest BCUT2D eigenvalue weighted by Gasteiger charge is 2.30. The number of nitrogens with zero attached hydrogens (tertiary/aromatic N) is 2. The van der Waals surface area contributed by atoms with Gasteiger partial charge in [-0.2, -0.15) is 9.97 Å². The van der Waals surface area contributed by atoms with Crippen LogP contribution in [0.25, 0.3) is 0 Å². The first-order valence-corrected chi connectivity index (χ1v) is 6.03. The minimum atomic E-state index is -0.380. The molecule has 102 valence electrons. The highest BCUT2D eigenvalue weighted by atomic mass is 19.1. The molecule has 1 aromatic carbocycles. The second-order valence-corrected chi connectivity index (χ2v) is 4.59. The van der Waals surface area contributed by atoms with Crippen LogP contribution in [0, 0.1) is 5.82 Å². The van der Waals surface area contributed by atoms with E-state index in [0.717, 1.165) is 0 Å². The van der Waals surface area contributed by atoms with E-state index in [1.165, 1.54) is 12.1 Å². The number of nitrogen functional groups attached to an aromatic ring is 2. The average Bonchev–Trinajstić information content (AvgIpc) is 2.36. The summed E-state index contributed by atoms with van der Waals surface area (Å²) in [5, 5.41) is 2.61. The number of nitrogens with two attached hydrogens (primary N) is 2. The molecule has 20 heavy (non-hydrogen) atoms. The normalized spacial score (nSPS) is 17.4. The van der Waals surface area contributed by atoms with Gasteiger partial charge in [0, 0.05) is 17.9 Å². The lowest BCUT2D eigenvalue weighted by Crippen LogP contribution is -2.26. The van der Waals surface area contributed by atoms with Gasteiger partial charge in [-0.15, -0.1) is 0 Å². The monoisotopic (exact) mass is 273 g/mol. The highest BCUT2D eigenvalue weighted by molar-refractivity contribution is 5.95. The highest BCUT2D eigenvalue weighted by Crippen LogP contribution is 2.39. The van der Waals surface area contributed by atoms with Gasteiger partial charge in [0.25, 0.3) is 0 Å². The molecule has 0 bridgehead atoms. The maximum atomic E-state index is 13.4. The van der Waals surface area contributed by atoms with E-state index in [0.29, 0.717) is 16.9 Å². The van der Waals surface area contributed by atoms with Crippen LogP contribution in [0.2, 0.25) is 0 Å². The molecule has 1 aliphatic heterocycles. The first kappa shape index (κ1) is 12.3. The van der Waals surface area contributed by atoms with Crippen molar-refractivity contribution >= 4 is 23.5 Å². The summed E-state index contributed by atoms with van der Waals surface area (Å²) in [6.07, 6.45) is 0.161. The number of hydrogen-bond donors (Lipinski definition) is 3. The van der Waals surface area contributed by atoms with Crippen LogP contribution in [0.3, 0.4) is 0 Å². The van der Waals surface area contributed by atoms with Crippen LogP contribution in [0.4, 0.5) is 22.0 Å². The Hall–Kier alpha value is -2.70. The van der Waals surface area contributed by atoms with Gasteiger partial charge in [0.05, 0.1) is 0 Å².